The molecule has 152 valence electrons. The molecule has 3 heterocycles. The van der Waals surface area contributed by atoms with Gasteiger partial charge in [0.05, 0.1) is 24.0 Å². The smallest absolute Gasteiger partial charge is 0.246 e. The highest BCUT2D eigenvalue weighted by molar-refractivity contribution is 5.99. The lowest BCUT2D eigenvalue weighted by Crippen LogP contribution is -2.58. The SMILES string of the molecule is CNC(=O)[C@@H]1[C@H]2C(=O)N(CCO)C(C(=O)NC(C)(C)C)C23CC(C)[C@@]1(C)O3. The van der Waals surface area contributed by atoms with Gasteiger partial charge in [0.2, 0.25) is 17.7 Å². The number of fused-ring (bicyclic) bond motifs is 1. The Kier molecular flexibility index (Phi) is 4.59. The first-order valence-electron chi connectivity index (χ1n) is 9.58. The number of ether oxygens (including phenoxy) is 1. The molecular formula is C19H31N3O5. The van der Waals surface area contributed by atoms with E-state index >= 15 is 0 Å². The van der Waals surface area contributed by atoms with E-state index in [0.717, 1.165) is 0 Å². The van der Waals surface area contributed by atoms with Crippen molar-refractivity contribution >= 4 is 17.7 Å². The molecule has 3 saturated heterocycles. The Labute approximate surface area is 160 Å². The van der Waals surface area contributed by atoms with Gasteiger partial charge in [-0.1, -0.05) is 6.92 Å². The standard InChI is InChI=1S/C19H31N3O5/c1-10-9-19-12(11(14(24)20-6)18(10,5)27-19)16(26)22(7-8-23)13(19)15(25)21-17(2,3)4/h10-13,23H,7-9H2,1-6H3,(H,20,24)(H,21,25)/t10?,11-,12-,13?,18+,19?/m0/s1. The second-order valence-electron chi connectivity index (χ2n) is 9.31. The minimum Gasteiger partial charge on any atom is -0.395 e. The minimum atomic E-state index is -1.05. The van der Waals surface area contributed by atoms with Crippen molar-refractivity contribution in [2.24, 2.45) is 17.8 Å². The highest BCUT2D eigenvalue weighted by atomic mass is 16.5. The average molecular weight is 381 g/mol. The fourth-order valence-corrected chi connectivity index (χ4v) is 5.38. The lowest BCUT2D eigenvalue weighted by atomic mass is 9.62. The number of β-amino-alcohol motifs (C(OH)–C–C–N with tert-alkyl or cyclic N) is 1. The zero-order valence-electron chi connectivity index (χ0n) is 17.0. The fourth-order valence-electron chi connectivity index (χ4n) is 5.38. The van der Waals surface area contributed by atoms with Gasteiger partial charge in [-0.05, 0) is 40.0 Å². The largest absolute Gasteiger partial charge is 0.395 e. The van der Waals surface area contributed by atoms with E-state index in [0.29, 0.717) is 6.42 Å². The number of aliphatic hydroxyl groups excluding tert-OH is 1. The Morgan fingerprint density at radius 3 is 2.48 bits per heavy atom. The Morgan fingerprint density at radius 1 is 1.33 bits per heavy atom. The van der Waals surface area contributed by atoms with Crippen LogP contribution >= 0.6 is 0 Å². The summed E-state index contributed by atoms with van der Waals surface area (Å²) in [4.78, 5) is 40.6. The van der Waals surface area contributed by atoms with Crippen LogP contribution in [0.2, 0.25) is 0 Å². The maximum atomic E-state index is 13.3. The number of hydrogen-bond donors (Lipinski definition) is 3. The summed E-state index contributed by atoms with van der Waals surface area (Å²) in [6.07, 6.45) is 0.525. The summed E-state index contributed by atoms with van der Waals surface area (Å²) >= 11 is 0. The average Bonchev–Trinajstić information content (AvgIpc) is 3.04. The number of amides is 3. The second kappa shape index (κ2) is 6.17. The first-order valence-corrected chi connectivity index (χ1v) is 9.58. The summed E-state index contributed by atoms with van der Waals surface area (Å²) in [7, 11) is 1.55. The zero-order chi connectivity index (χ0) is 20.4. The van der Waals surface area contributed by atoms with Gasteiger partial charge in [0.15, 0.2) is 0 Å². The molecule has 3 aliphatic rings. The van der Waals surface area contributed by atoms with E-state index in [-0.39, 0.29) is 36.8 Å². The van der Waals surface area contributed by atoms with Gasteiger partial charge in [0, 0.05) is 19.1 Å². The van der Waals surface area contributed by atoms with E-state index in [1.54, 1.807) is 7.05 Å². The van der Waals surface area contributed by atoms with Crippen LogP contribution in [-0.4, -0.2) is 70.7 Å². The predicted octanol–water partition coefficient (Wildman–Crippen LogP) is -0.350. The number of aliphatic hydroxyl groups is 1. The van der Waals surface area contributed by atoms with E-state index in [9.17, 15) is 19.5 Å². The van der Waals surface area contributed by atoms with Crippen LogP contribution < -0.4 is 10.6 Å². The van der Waals surface area contributed by atoms with Crippen molar-refractivity contribution in [3.8, 4) is 0 Å². The van der Waals surface area contributed by atoms with E-state index < -0.39 is 34.6 Å². The normalized spacial score (nSPS) is 40.3. The van der Waals surface area contributed by atoms with E-state index in [4.69, 9.17) is 4.74 Å². The van der Waals surface area contributed by atoms with E-state index in [1.165, 1.54) is 4.90 Å². The summed E-state index contributed by atoms with van der Waals surface area (Å²) in [5.41, 5.74) is -2.33. The van der Waals surface area contributed by atoms with E-state index in [2.05, 4.69) is 10.6 Å². The topological polar surface area (TPSA) is 108 Å². The third-order valence-electron chi connectivity index (χ3n) is 6.43. The molecule has 2 bridgehead atoms. The van der Waals surface area contributed by atoms with Crippen LogP contribution in [0, 0.1) is 17.8 Å². The zero-order valence-corrected chi connectivity index (χ0v) is 17.0. The minimum absolute atomic E-state index is 0.0165. The Morgan fingerprint density at radius 2 is 1.96 bits per heavy atom. The van der Waals surface area contributed by atoms with Crippen molar-refractivity contribution in [1.29, 1.82) is 0 Å². The summed E-state index contributed by atoms with van der Waals surface area (Å²) < 4.78 is 6.45. The third kappa shape index (κ3) is 2.68. The summed E-state index contributed by atoms with van der Waals surface area (Å²) in [6.45, 7) is 9.26. The van der Waals surface area contributed by atoms with Crippen molar-refractivity contribution in [2.45, 2.75) is 63.8 Å². The maximum Gasteiger partial charge on any atom is 0.246 e. The van der Waals surface area contributed by atoms with Gasteiger partial charge in [-0.15, -0.1) is 0 Å². The van der Waals surface area contributed by atoms with Crippen LogP contribution in [0.5, 0.6) is 0 Å². The highest BCUT2D eigenvalue weighted by Gasteiger charge is 2.79. The number of nitrogens with zero attached hydrogens (tertiary/aromatic N) is 1. The molecular weight excluding hydrogens is 350 g/mol. The van der Waals surface area contributed by atoms with Crippen LogP contribution in [0.4, 0.5) is 0 Å². The Balaban J connectivity index is 2.10. The molecule has 6 atom stereocenters. The maximum absolute atomic E-state index is 13.3. The molecule has 0 aromatic carbocycles. The fraction of sp³-hybridized carbons (Fsp3) is 0.842. The summed E-state index contributed by atoms with van der Waals surface area (Å²) in [5, 5.41) is 15.1. The number of likely N-dealkylation sites (tertiary alicyclic amines) is 1. The second-order valence-corrected chi connectivity index (χ2v) is 9.31. The molecule has 0 aliphatic carbocycles. The molecule has 3 amide bonds. The highest BCUT2D eigenvalue weighted by Crippen LogP contribution is 2.65. The van der Waals surface area contributed by atoms with Gasteiger partial charge in [0.25, 0.3) is 0 Å². The molecule has 3 N–H and O–H groups in total. The molecule has 0 aromatic heterocycles. The molecule has 0 saturated carbocycles. The number of rotatable bonds is 4. The van der Waals surface area contributed by atoms with Gasteiger partial charge in [-0.25, -0.2) is 0 Å². The van der Waals surface area contributed by atoms with Gasteiger partial charge in [-0.2, -0.15) is 0 Å². The number of hydrogen-bond acceptors (Lipinski definition) is 5. The monoisotopic (exact) mass is 381 g/mol. The molecule has 3 fully saturated rings. The number of carbonyl (C=O) groups excluding carboxylic acids is 3. The molecule has 3 unspecified atom stereocenters. The van der Waals surface area contributed by atoms with Gasteiger partial charge in [0.1, 0.15) is 11.6 Å². The van der Waals surface area contributed by atoms with Crippen molar-refractivity contribution in [3.63, 3.8) is 0 Å². The molecule has 3 rings (SSSR count). The first kappa shape index (κ1) is 20.1. The molecule has 8 nitrogen and oxygen atoms in total. The van der Waals surface area contributed by atoms with Gasteiger partial charge >= 0.3 is 0 Å². The summed E-state index contributed by atoms with van der Waals surface area (Å²) in [6, 6.07) is -0.861. The van der Waals surface area contributed by atoms with Crippen LogP contribution in [0.15, 0.2) is 0 Å². The molecule has 8 heteroatoms. The van der Waals surface area contributed by atoms with Crippen molar-refractivity contribution in [2.75, 3.05) is 20.2 Å². The third-order valence-corrected chi connectivity index (χ3v) is 6.43. The van der Waals surface area contributed by atoms with Crippen molar-refractivity contribution < 1.29 is 24.2 Å². The molecule has 3 aliphatic heterocycles. The van der Waals surface area contributed by atoms with Gasteiger partial charge < -0.3 is 25.4 Å². The molecule has 27 heavy (non-hydrogen) atoms. The Bertz CT molecular complexity index is 675. The molecule has 0 aromatic rings. The lowest BCUT2D eigenvalue weighted by molar-refractivity contribution is -0.148. The van der Waals surface area contributed by atoms with Crippen molar-refractivity contribution in [1.82, 2.24) is 15.5 Å². The number of nitrogens with one attached hydrogen (secondary N) is 2. The van der Waals surface area contributed by atoms with Gasteiger partial charge in [-0.3, -0.25) is 14.4 Å². The van der Waals surface area contributed by atoms with Crippen LogP contribution in [-0.2, 0) is 19.1 Å². The van der Waals surface area contributed by atoms with Crippen LogP contribution in [0.25, 0.3) is 0 Å². The number of carbonyl (C=O) groups is 3. The Hall–Kier alpha value is -1.67. The van der Waals surface area contributed by atoms with E-state index in [1.807, 2.05) is 34.6 Å². The predicted molar refractivity (Wildman–Crippen MR) is 97.5 cm³/mol. The molecule has 1 spiro atoms. The van der Waals surface area contributed by atoms with Crippen LogP contribution in [0.1, 0.15) is 41.0 Å². The van der Waals surface area contributed by atoms with Crippen molar-refractivity contribution in [3.05, 3.63) is 0 Å². The summed E-state index contributed by atoms with van der Waals surface area (Å²) in [5.74, 6) is -2.20. The van der Waals surface area contributed by atoms with Crippen LogP contribution in [0.3, 0.4) is 0 Å². The molecule has 0 radical (unpaired) electrons. The quantitative estimate of drug-likeness (QED) is 0.617. The first-order chi connectivity index (χ1) is 12.4. The lowest BCUT2D eigenvalue weighted by Gasteiger charge is -2.36.